The van der Waals surface area contributed by atoms with E-state index in [2.05, 4.69) is 22.6 Å². The third kappa shape index (κ3) is 4.44. The van der Waals surface area contributed by atoms with E-state index in [1.54, 1.807) is 49.4 Å². The summed E-state index contributed by atoms with van der Waals surface area (Å²) in [6, 6.07) is 26.7. The van der Waals surface area contributed by atoms with Crippen molar-refractivity contribution in [3.05, 3.63) is 106 Å². The van der Waals surface area contributed by atoms with E-state index in [4.69, 9.17) is 0 Å². The highest BCUT2D eigenvalue weighted by Gasteiger charge is 2.49. The van der Waals surface area contributed by atoms with E-state index < -0.39 is 33.9 Å². The minimum atomic E-state index is -4.16. The van der Waals surface area contributed by atoms with Crippen LogP contribution in [0, 0.1) is 3.57 Å². The maximum absolute atomic E-state index is 14.2. The van der Waals surface area contributed by atoms with E-state index in [1.807, 2.05) is 54.6 Å². The van der Waals surface area contributed by atoms with Crippen LogP contribution in [0.4, 0.5) is 5.69 Å². The number of rotatable bonds is 6. The highest BCUT2D eigenvalue weighted by Crippen LogP contribution is 2.36. The van der Waals surface area contributed by atoms with Gasteiger partial charge in [-0.05, 0) is 82.2 Å². The van der Waals surface area contributed by atoms with Gasteiger partial charge in [0.1, 0.15) is 6.04 Å². The third-order valence-corrected chi connectivity index (χ3v) is 9.17. The standard InChI is InChI=1S/C28H23IN2O4S/c1-19(20-7-3-2-4-8-20)31(36(34,35)25-16-11-21-9-5-6-10-22(21)17-25)26-18-27(32)30(28(26)33)24-14-12-23(29)13-15-24/h2-17,19,26H,18H2,1H3. The van der Waals surface area contributed by atoms with Gasteiger partial charge in [-0.15, -0.1) is 0 Å². The third-order valence-electron chi connectivity index (χ3n) is 6.47. The molecule has 1 aliphatic heterocycles. The number of nitrogens with zero attached hydrogens (tertiary/aromatic N) is 2. The molecule has 0 bridgehead atoms. The van der Waals surface area contributed by atoms with Crippen molar-refractivity contribution >= 4 is 60.9 Å². The summed E-state index contributed by atoms with van der Waals surface area (Å²) in [5.74, 6) is -0.974. The van der Waals surface area contributed by atoms with Crippen LogP contribution in [0.2, 0.25) is 0 Å². The Kier molecular flexibility index (Phi) is 6.67. The molecule has 4 aromatic rings. The Hall–Kier alpha value is -3.08. The van der Waals surface area contributed by atoms with E-state index >= 15 is 0 Å². The first-order valence-electron chi connectivity index (χ1n) is 11.5. The molecule has 4 aromatic carbocycles. The van der Waals surface area contributed by atoms with Crippen molar-refractivity contribution in [2.75, 3.05) is 4.90 Å². The summed E-state index contributed by atoms with van der Waals surface area (Å²) in [5, 5.41) is 1.69. The number of hydrogen-bond acceptors (Lipinski definition) is 4. The molecule has 0 aliphatic carbocycles. The van der Waals surface area contributed by atoms with Crippen LogP contribution in [-0.2, 0) is 19.6 Å². The average molecular weight is 610 g/mol. The molecule has 6 nitrogen and oxygen atoms in total. The van der Waals surface area contributed by atoms with Crippen LogP contribution in [0.5, 0.6) is 0 Å². The Morgan fingerprint density at radius 3 is 2.19 bits per heavy atom. The van der Waals surface area contributed by atoms with Gasteiger partial charge < -0.3 is 0 Å². The van der Waals surface area contributed by atoms with Crippen molar-refractivity contribution in [1.82, 2.24) is 4.31 Å². The zero-order valence-corrected chi connectivity index (χ0v) is 22.4. The van der Waals surface area contributed by atoms with Crippen molar-refractivity contribution in [2.45, 2.75) is 30.3 Å². The number of sulfonamides is 1. The molecule has 1 heterocycles. The van der Waals surface area contributed by atoms with Gasteiger partial charge in [-0.3, -0.25) is 9.59 Å². The maximum Gasteiger partial charge on any atom is 0.252 e. The van der Waals surface area contributed by atoms with Gasteiger partial charge in [0.05, 0.1) is 17.0 Å². The van der Waals surface area contributed by atoms with Crippen molar-refractivity contribution < 1.29 is 18.0 Å². The number of carbonyl (C=O) groups excluding carboxylic acids is 2. The minimum Gasteiger partial charge on any atom is -0.274 e. The Balaban J connectivity index is 1.61. The summed E-state index contributed by atoms with van der Waals surface area (Å²) in [7, 11) is -4.16. The van der Waals surface area contributed by atoms with Crippen LogP contribution in [0.15, 0.2) is 102 Å². The van der Waals surface area contributed by atoms with Crippen molar-refractivity contribution in [3.63, 3.8) is 0 Å². The molecular formula is C28H23IN2O4S. The van der Waals surface area contributed by atoms with E-state index in [0.29, 0.717) is 5.69 Å². The van der Waals surface area contributed by atoms with Gasteiger partial charge in [-0.25, -0.2) is 13.3 Å². The number of amides is 2. The van der Waals surface area contributed by atoms with Gasteiger partial charge in [-0.1, -0.05) is 60.7 Å². The molecule has 2 amide bonds. The first-order chi connectivity index (χ1) is 17.3. The smallest absolute Gasteiger partial charge is 0.252 e. The quantitative estimate of drug-likeness (QED) is 0.213. The fourth-order valence-corrected chi connectivity index (χ4v) is 6.81. The van der Waals surface area contributed by atoms with Crippen molar-refractivity contribution in [2.24, 2.45) is 0 Å². The van der Waals surface area contributed by atoms with E-state index in [-0.39, 0.29) is 11.3 Å². The lowest BCUT2D eigenvalue weighted by atomic mass is 10.1. The lowest BCUT2D eigenvalue weighted by molar-refractivity contribution is -0.122. The number of imide groups is 1. The Morgan fingerprint density at radius 2 is 1.50 bits per heavy atom. The fraction of sp³-hybridized carbons (Fsp3) is 0.143. The lowest BCUT2D eigenvalue weighted by Crippen LogP contribution is -2.46. The normalized spacial score (nSPS) is 17.2. The van der Waals surface area contributed by atoms with Gasteiger partial charge >= 0.3 is 0 Å². The van der Waals surface area contributed by atoms with Crippen LogP contribution in [0.1, 0.15) is 24.9 Å². The van der Waals surface area contributed by atoms with Crippen molar-refractivity contribution in [3.8, 4) is 0 Å². The molecule has 0 saturated carbocycles. The van der Waals surface area contributed by atoms with Gasteiger partial charge in [0.15, 0.2) is 0 Å². The molecule has 8 heteroatoms. The van der Waals surface area contributed by atoms with Crippen LogP contribution in [-0.4, -0.2) is 30.6 Å². The first kappa shape index (κ1) is 24.6. The highest BCUT2D eigenvalue weighted by molar-refractivity contribution is 14.1. The summed E-state index contributed by atoms with van der Waals surface area (Å²) < 4.78 is 30.5. The second kappa shape index (κ2) is 9.76. The summed E-state index contributed by atoms with van der Waals surface area (Å²) >= 11 is 2.15. The molecule has 1 saturated heterocycles. The Bertz CT molecular complexity index is 1560. The minimum absolute atomic E-state index is 0.0805. The van der Waals surface area contributed by atoms with Gasteiger partial charge in [-0.2, -0.15) is 4.31 Å². The summed E-state index contributed by atoms with van der Waals surface area (Å²) in [6.45, 7) is 1.75. The molecule has 0 spiro atoms. The monoisotopic (exact) mass is 610 g/mol. The summed E-state index contributed by atoms with van der Waals surface area (Å²) in [5.41, 5.74) is 1.16. The Morgan fingerprint density at radius 1 is 0.861 bits per heavy atom. The predicted molar refractivity (Wildman–Crippen MR) is 148 cm³/mol. The van der Waals surface area contributed by atoms with Crippen LogP contribution in [0.3, 0.4) is 0 Å². The van der Waals surface area contributed by atoms with E-state index in [9.17, 15) is 18.0 Å². The first-order valence-corrected chi connectivity index (χ1v) is 14.0. The highest BCUT2D eigenvalue weighted by atomic mass is 127. The van der Waals surface area contributed by atoms with Crippen LogP contribution >= 0.6 is 22.6 Å². The second-order valence-electron chi connectivity index (χ2n) is 8.69. The molecule has 1 fully saturated rings. The lowest BCUT2D eigenvalue weighted by Gasteiger charge is -2.32. The van der Waals surface area contributed by atoms with Crippen LogP contribution < -0.4 is 4.90 Å². The molecule has 0 radical (unpaired) electrons. The molecular weight excluding hydrogens is 587 g/mol. The zero-order chi connectivity index (χ0) is 25.4. The molecule has 2 atom stereocenters. The van der Waals surface area contributed by atoms with Gasteiger partial charge in [0, 0.05) is 9.61 Å². The molecule has 36 heavy (non-hydrogen) atoms. The van der Waals surface area contributed by atoms with E-state index in [1.165, 1.54) is 4.31 Å². The number of fused-ring (bicyclic) bond motifs is 1. The number of anilines is 1. The maximum atomic E-state index is 14.2. The zero-order valence-electron chi connectivity index (χ0n) is 19.4. The summed E-state index contributed by atoms with van der Waals surface area (Å²) in [4.78, 5) is 27.9. The molecule has 182 valence electrons. The Labute approximate surface area is 223 Å². The van der Waals surface area contributed by atoms with Gasteiger partial charge in [0.2, 0.25) is 15.9 Å². The second-order valence-corrected chi connectivity index (χ2v) is 11.8. The topological polar surface area (TPSA) is 74.8 Å². The molecule has 0 N–H and O–H groups in total. The SMILES string of the molecule is CC(c1ccccc1)N(C1CC(=O)N(c2ccc(I)cc2)C1=O)S(=O)(=O)c1ccc2ccccc2c1. The molecule has 5 rings (SSSR count). The van der Waals surface area contributed by atoms with Gasteiger partial charge in [0.25, 0.3) is 5.91 Å². The number of halogens is 1. The summed E-state index contributed by atoms with van der Waals surface area (Å²) in [6.07, 6.45) is -0.227. The predicted octanol–water partition coefficient (Wildman–Crippen LogP) is 5.53. The van der Waals surface area contributed by atoms with E-state index in [0.717, 1.165) is 24.8 Å². The average Bonchev–Trinajstić information content (AvgIpc) is 3.17. The number of benzene rings is 4. The molecule has 2 unspecified atom stereocenters. The van der Waals surface area contributed by atoms with Crippen LogP contribution in [0.25, 0.3) is 10.8 Å². The largest absolute Gasteiger partial charge is 0.274 e. The van der Waals surface area contributed by atoms with Crippen molar-refractivity contribution in [1.29, 1.82) is 0 Å². The fourth-order valence-electron chi connectivity index (χ4n) is 4.65. The molecule has 0 aromatic heterocycles. The number of carbonyl (C=O) groups is 2. The molecule has 1 aliphatic rings. The number of hydrogen-bond donors (Lipinski definition) is 0.